The van der Waals surface area contributed by atoms with Crippen LogP contribution < -0.4 is 4.90 Å². The molecule has 210 valence electrons. The molecule has 1 N–H and O–H groups in total. The Hall–Kier alpha value is -4.15. The number of imidazole rings is 1. The number of anilines is 1. The van der Waals surface area contributed by atoms with Crippen molar-refractivity contribution in [3.8, 4) is 16.9 Å². The van der Waals surface area contributed by atoms with Gasteiger partial charge in [-0.1, -0.05) is 19.1 Å². The van der Waals surface area contributed by atoms with Gasteiger partial charge >= 0.3 is 12.1 Å². The maximum Gasteiger partial charge on any atom is 0.417 e. The Bertz CT molecular complexity index is 1550. The molecular formula is C29H30F3N5O3. The number of benzene rings is 1. The number of carbonyl (C=O) groups is 2. The molecule has 1 saturated carbocycles. The fourth-order valence-electron chi connectivity index (χ4n) is 5.22. The van der Waals surface area contributed by atoms with Gasteiger partial charge in [0.1, 0.15) is 11.2 Å². The molecule has 0 aliphatic heterocycles. The van der Waals surface area contributed by atoms with Gasteiger partial charge in [-0.05, 0) is 69.7 Å². The molecule has 0 radical (unpaired) electrons. The summed E-state index contributed by atoms with van der Waals surface area (Å²) in [5.41, 5.74) is 1.24. The van der Waals surface area contributed by atoms with Crippen molar-refractivity contribution in [2.24, 2.45) is 11.8 Å². The number of amides is 1. The smallest absolute Gasteiger partial charge is 0.417 e. The fourth-order valence-corrected chi connectivity index (χ4v) is 5.22. The van der Waals surface area contributed by atoms with E-state index in [-0.39, 0.29) is 29.2 Å². The Balaban J connectivity index is 1.44. The summed E-state index contributed by atoms with van der Waals surface area (Å²) in [4.78, 5) is 31.6. The minimum absolute atomic E-state index is 0.0730. The van der Waals surface area contributed by atoms with Crippen LogP contribution in [-0.2, 0) is 11.0 Å². The van der Waals surface area contributed by atoms with E-state index < -0.39 is 17.7 Å². The number of pyridine rings is 1. The van der Waals surface area contributed by atoms with Crippen molar-refractivity contribution in [3.05, 3.63) is 66.1 Å². The second-order valence-electron chi connectivity index (χ2n) is 10.7. The van der Waals surface area contributed by atoms with Crippen LogP contribution in [0.4, 0.5) is 19.0 Å². The van der Waals surface area contributed by atoms with Crippen LogP contribution in [0.25, 0.3) is 22.6 Å². The summed E-state index contributed by atoms with van der Waals surface area (Å²) in [7, 11) is 0. The minimum Gasteiger partial charge on any atom is -0.477 e. The van der Waals surface area contributed by atoms with Gasteiger partial charge in [-0.15, -0.1) is 5.10 Å². The van der Waals surface area contributed by atoms with Gasteiger partial charge < -0.3 is 9.51 Å². The zero-order chi connectivity index (χ0) is 28.8. The number of halogens is 3. The topological polar surface area (TPSA) is 92.7 Å². The molecule has 0 spiro atoms. The molecule has 1 aliphatic carbocycles. The fraction of sp³-hybridized carbons (Fsp3) is 0.379. The van der Waals surface area contributed by atoms with E-state index in [2.05, 4.69) is 17.0 Å². The number of fused-ring (bicyclic) bond motifs is 1. The Morgan fingerprint density at radius 1 is 1.00 bits per heavy atom. The molecule has 0 unspecified atom stereocenters. The summed E-state index contributed by atoms with van der Waals surface area (Å²) in [5.74, 6) is -0.772. The first-order valence-electron chi connectivity index (χ1n) is 13.2. The number of carbonyl (C=O) groups excluding carboxylic acids is 1. The van der Waals surface area contributed by atoms with Crippen molar-refractivity contribution in [1.82, 2.24) is 19.2 Å². The van der Waals surface area contributed by atoms with Crippen LogP contribution in [0.5, 0.6) is 0 Å². The maximum absolute atomic E-state index is 13.5. The number of hydrogen-bond donors (Lipinski definition) is 1. The van der Waals surface area contributed by atoms with Crippen LogP contribution in [0.1, 0.15) is 62.4 Å². The molecule has 8 nitrogen and oxygen atoms in total. The van der Waals surface area contributed by atoms with Gasteiger partial charge in [-0.25, -0.2) is 14.5 Å². The van der Waals surface area contributed by atoms with E-state index in [1.54, 1.807) is 24.3 Å². The highest BCUT2D eigenvalue weighted by Gasteiger charge is 2.34. The lowest BCUT2D eigenvalue weighted by Crippen LogP contribution is -2.43. The summed E-state index contributed by atoms with van der Waals surface area (Å²) in [6.07, 6.45) is 2.92. The molecule has 3 aromatic heterocycles. The summed E-state index contributed by atoms with van der Waals surface area (Å²) < 4.78 is 42.0. The lowest BCUT2D eigenvalue weighted by molar-refractivity contribution is -0.137. The van der Waals surface area contributed by atoms with Crippen molar-refractivity contribution in [2.45, 2.75) is 58.7 Å². The highest BCUT2D eigenvalue weighted by Crippen LogP contribution is 2.33. The predicted molar refractivity (Wildman–Crippen MR) is 143 cm³/mol. The molecule has 5 rings (SSSR count). The number of carboxylic acids is 1. The monoisotopic (exact) mass is 553 g/mol. The van der Waals surface area contributed by atoms with Crippen LogP contribution >= 0.6 is 0 Å². The molecule has 40 heavy (non-hydrogen) atoms. The Kier molecular flexibility index (Phi) is 7.16. The van der Waals surface area contributed by atoms with E-state index in [9.17, 15) is 27.9 Å². The molecular weight excluding hydrogens is 523 g/mol. The van der Waals surface area contributed by atoms with Crippen LogP contribution in [0, 0.1) is 11.8 Å². The molecule has 0 bridgehead atoms. The van der Waals surface area contributed by atoms with Gasteiger partial charge in [-0.3, -0.25) is 9.69 Å². The van der Waals surface area contributed by atoms with Gasteiger partial charge in [-0.2, -0.15) is 13.2 Å². The van der Waals surface area contributed by atoms with E-state index in [1.165, 1.54) is 32.4 Å². The van der Waals surface area contributed by atoms with Crippen molar-refractivity contribution in [2.75, 3.05) is 4.90 Å². The van der Waals surface area contributed by atoms with E-state index >= 15 is 0 Å². The predicted octanol–water partition coefficient (Wildman–Crippen LogP) is 6.47. The summed E-state index contributed by atoms with van der Waals surface area (Å²) in [5, 5.41) is 14.5. The molecule has 1 fully saturated rings. The van der Waals surface area contributed by atoms with E-state index in [1.807, 2.05) is 13.8 Å². The number of nitrogens with zero attached hydrogens (tertiary/aromatic N) is 5. The molecule has 3 heterocycles. The molecule has 11 heteroatoms. The third-order valence-electron chi connectivity index (χ3n) is 7.48. The number of aromatic carboxylic acids is 1. The van der Waals surface area contributed by atoms with E-state index in [0.29, 0.717) is 28.5 Å². The lowest BCUT2D eigenvalue weighted by Gasteiger charge is -2.32. The van der Waals surface area contributed by atoms with Gasteiger partial charge in [0.25, 0.3) is 0 Å². The van der Waals surface area contributed by atoms with Crippen LogP contribution in [0.15, 0.2) is 55.0 Å². The third kappa shape index (κ3) is 5.32. The average molecular weight is 554 g/mol. The first-order valence-corrected chi connectivity index (χ1v) is 13.2. The zero-order valence-electron chi connectivity index (χ0n) is 22.4. The average Bonchev–Trinajstić information content (AvgIpc) is 3.53. The third-order valence-corrected chi connectivity index (χ3v) is 7.48. The summed E-state index contributed by atoms with van der Waals surface area (Å²) >= 11 is 0. The summed E-state index contributed by atoms with van der Waals surface area (Å²) in [6, 6.07) is 8.92. The largest absolute Gasteiger partial charge is 0.477 e. The first-order chi connectivity index (χ1) is 18.9. The molecule has 1 aromatic carbocycles. The second kappa shape index (κ2) is 10.4. The molecule has 0 saturated heterocycles. The maximum atomic E-state index is 13.5. The summed E-state index contributed by atoms with van der Waals surface area (Å²) in [6.45, 7) is 5.86. The Morgan fingerprint density at radius 3 is 2.27 bits per heavy atom. The van der Waals surface area contributed by atoms with E-state index in [0.717, 1.165) is 37.9 Å². The highest BCUT2D eigenvalue weighted by molar-refractivity contribution is 6.01. The van der Waals surface area contributed by atoms with Crippen molar-refractivity contribution >= 4 is 23.3 Å². The van der Waals surface area contributed by atoms with Crippen molar-refractivity contribution in [3.63, 3.8) is 0 Å². The highest BCUT2D eigenvalue weighted by atomic mass is 19.4. The van der Waals surface area contributed by atoms with Crippen LogP contribution in [-0.4, -0.2) is 42.2 Å². The number of hydrogen-bond acceptors (Lipinski definition) is 4. The van der Waals surface area contributed by atoms with Gasteiger partial charge in [0.2, 0.25) is 5.91 Å². The number of alkyl halides is 3. The lowest BCUT2D eigenvalue weighted by atomic mass is 9.82. The molecule has 1 amide bonds. The SMILES string of the molecule is CC(C)N(c1nn(-c2ccc(-c3cn4cc(C(F)(F)F)ccc4n3)cc2)cc1C(=O)O)C(=O)[C@H]1CC[C@H](C)CC1. The quantitative estimate of drug-likeness (QED) is 0.295. The Labute approximate surface area is 229 Å². The van der Waals surface area contributed by atoms with Gasteiger partial charge in [0.05, 0.1) is 16.9 Å². The number of aromatic nitrogens is 4. The van der Waals surface area contributed by atoms with Gasteiger partial charge in [0, 0.05) is 36.1 Å². The van der Waals surface area contributed by atoms with Crippen molar-refractivity contribution < 1.29 is 27.9 Å². The van der Waals surface area contributed by atoms with E-state index in [4.69, 9.17) is 0 Å². The first kappa shape index (κ1) is 27.4. The van der Waals surface area contributed by atoms with Gasteiger partial charge in [0.15, 0.2) is 5.82 Å². The minimum atomic E-state index is -4.46. The molecule has 4 aromatic rings. The second-order valence-corrected chi connectivity index (χ2v) is 10.7. The molecule has 0 atom stereocenters. The number of rotatable bonds is 6. The number of carboxylic acid groups (broad SMARTS) is 1. The van der Waals surface area contributed by atoms with Crippen LogP contribution in [0.3, 0.4) is 0 Å². The standard InChI is InChI=1S/C29H30F3N5O3/c1-17(2)37(27(38)20-6-4-18(3)5-7-20)26-23(28(39)40)15-36(34-26)22-11-8-19(9-12-22)24-16-35-14-21(29(30,31)32)10-13-25(35)33-24/h8-18,20H,4-7H2,1-3H3,(H,39,40)/t18-,20-. The Morgan fingerprint density at radius 2 is 1.68 bits per heavy atom. The molecule has 1 aliphatic rings. The zero-order valence-corrected chi connectivity index (χ0v) is 22.4. The van der Waals surface area contributed by atoms with Crippen molar-refractivity contribution in [1.29, 1.82) is 0 Å². The van der Waals surface area contributed by atoms with Crippen LogP contribution in [0.2, 0.25) is 0 Å². The normalized spacial score (nSPS) is 17.9.